The van der Waals surface area contributed by atoms with Gasteiger partial charge in [-0.25, -0.2) is 0 Å². The van der Waals surface area contributed by atoms with Crippen molar-refractivity contribution >= 4 is 29.2 Å². The van der Waals surface area contributed by atoms with E-state index in [1.807, 2.05) is 12.1 Å². The maximum absolute atomic E-state index is 9.37. The second kappa shape index (κ2) is 8.81. The predicted octanol–water partition coefficient (Wildman–Crippen LogP) is 2.65. The van der Waals surface area contributed by atoms with Gasteiger partial charge in [-0.05, 0) is 12.1 Å². The van der Waals surface area contributed by atoms with Crippen LogP contribution in [0.15, 0.2) is 24.3 Å². The molecule has 0 radical (unpaired) electrons. The number of carbonyl (C=O) groups is 1. The highest BCUT2D eigenvalue weighted by atomic mass is 35.5. The zero-order valence-electron chi connectivity index (χ0n) is 7.63. The Hall–Kier alpha value is -0.770. The Labute approximate surface area is 92.6 Å². The summed E-state index contributed by atoms with van der Waals surface area (Å²) < 4.78 is 0. The molecule has 0 aliphatic carbocycles. The first-order valence-corrected chi connectivity index (χ1v) is 4.45. The average Bonchev–Trinajstić information content (AvgIpc) is 2.11. The van der Waals surface area contributed by atoms with Crippen molar-refractivity contribution in [3.63, 3.8) is 0 Å². The Morgan fingerprint density at radius 1 is 1.29 bits per heavy atom. The lowest BCUT2D eigenvalue weighted by Crippen LogP contribution is -1.86. The molecule has 80 valence electrons. The Morgan fingerprint density at radius 3 is 1.71 bits per heavy atom. The van der Waals surface area contributed by atoms with Gasteiger partial charge in [0.1, 0.15) is 0 Å². The molecule has 1 rings (SSSR count). The van der Waals surface area contributed by atoms with Gasteiger partial charge in [-0.1, -0.05) is 42.3 Å². The number of carboxylic acids is 1. The normalized spacial score (nSPS) is 7.93. The monoisotopic (exact) mass is 238 g/mol. The van der Waals surface area contributed by atoms with Crippen molar-refractivity contribution in [2.45, 2.75) is 13.3 Å². The summed E-state index contributed by atoms with van der Waals surface area (Å²) in [4.78, 5) is 9.37. The third kappa shape index (κ3) is 7.86. The van der Waals surface area contributed by atoms with Crippen molar-refractivity contribution in [1.29, 1.82) is 0 Å². The minimum Gasteiger partial charge on any atom is -0.481 e. The highest BCUT2D eigenvalue weighted by Crippen LogP contribution is 2.19. The molecule has 0 saturated carbocycles. The van der Waals surface area contributed by atoms with Crippen LogP contribution >= 0.6 is 23.2 Å². The zero-order valence-corrected chi connectivity index (χ0v) is 9.14. The summed E-state index contributed by atoms with van der Waals surface area (Å²) in [5.74, 6) is -0.745. The van der Waals surface area contributed by atoms with E-state index in [-0.39, 0.29) is 11.9 Å². The molecule has 14 heavy (non-hydrogen) atoms. The Balaban J connectivity index is 0. The summed E-state index contributed by atoms with van der Waals surface area (Å²) >= 11 is 11.2. The summed E-state index contributed by atoms with van der Waals surface area (Å²) in [7, 11) is 0. The number of hydrogen-bond acceptors (Lipinski definition) is 1. The van der Waals surface area contributed by atoms with Crippen LogP contribution in [0.2, 0.25) is 10.0 Å². The minimum absolute atomic E-state index is 0. The van der Waals surface area contributed by atoms with Crippen LogP contribution in [0.4, 0.5) is 0 Å². The van der Waals surface area contributed by atoms with E-state index in [1.54, 1.807) is 19.1 Å². The van der Waals surface area contributed by atoms with Gasteiger partial charge in [0.2, 0.25) is 0 Å². The molecule has 0 aliphatic heterocycles. The summed E-state index contributed by atoms with van der Waals surface area (Å²) in [6.07, 6.45) is 0.222. The first-order valence-electron chi connectivity index (χ1n) is 3.69. The second-order valence-electron chi connectivity index (χ2n) is 2.16. The maximum atomic E-state index is 9.37. The minimum atomic E-state index is -0.745. The van der Waals surface area contributed by atoms with E-state index in [4.69, 9.17) is 28.3 Å². The van der Waals surface area contributed by atoms with Gasteiger partial charge < -0.3 is 10.6 Å². The zero-order chi connectivity index (χ0) is 10.3. The second-order valence-corrected chi connectivity index (χ2v) is 2.98. The number of hydrogen-bond donors (Lipinski definition) is 1. The van der Waals surface area contributed by atoms with Crippen LogP contribution in [0.3, 0.4) is 0 Å². The molecule has 0 heterocycles. The van der Waals surface area contributed by atoms with E-state index in [0.29, 0.717) is 10.0 Å². The fourth-order valence-electron chi connectivity index (χ4n) is 0.439. The van der Waals surface area contributed by atoms with Gasteiger partial charge in [0.25, 0.3) is 0 Å². The number of benzene rings is 1. The molecule has 3 nitrogen and oxygen atoms in total. The van der Waals surface area contributed by atoms with Crippen LogP contribution in [-0.2, 0) is 4.79 Å². The number of aliphatic carboxylic acids is 1. The topological polar surface area (TPSA) is 68.8 Å². The van der Waals surface area contributed by atoms with Crippen LogP contribution in [-0.4, -0.2) is 16.6 Å². The number of rotatable bonds is 1. The van der Waals surface area contributed by atoms with Crippen molar-refractivity contribution in [3.8, 4) is 0 Å². The molecule has 5 heteroatoms. The Kier molecular flexibility index (Phi) is 9.88. The fraction of sp³-hybridized carbons (Fsp3) is 0.222. The Bertz CT molecular complexity index is 256. The molecule has 0 atom stereocenters. The van der Waals surface area contributed by atoms with E-state index in [0.717, 1.165) is 0 Å². The van der Waals surface area contributed by atoms with Gasteiger partial charge in [0.05, 0.1) is 10.0 Å². The van der Waals surface area contributed by atoms with Crippen molar-refractivity contribution in [1.82, 2.24) is 0 Å². The molecule has 0 bridgehead atoms. The predicted molar refractivity (Wildman–Crippen MR) is 58.0 cm³/mol. The van der Waals surface area contributed by atoms with Crippen LogP contribution in [0, 0.1) is 0 Å². The van der Waals surface area contributed by atoms with Crippen molar-refractivity contribution in [2.75, 3.05) is 0 Å². The quantitative estimate of drug-likeness (QED) is 0.818. The van der Waals surface area contributed by atoms with E-state index in [2.05, 4.69) is 0 Å². The molecule has 0 aromatic heterocycles. The average molecular weight is 239 g/mol. The molecule has 0 amide bonds. The van der Waals surface area contributed by atoms with Gasteiger partial charge in [-0.3, -0.25) is 4.79 Å². The molecule has 3 N–H and O–H groups in total. The maximum Gasteiger partial charge on any atom is 0.303 e. The van der Waals surface area contributed by atoms with E-state index >= 15 is 0 Å². The largest absolute Gasteiger partial charge is 0.481 e. The van der Waals surface area contributed by atoms with Crippen molar-refractivity contribution in [3.05, 3.63) is 34.3 Å². The molecule has 0 spiro atoms. The molecule has 1 aromatic rings. The van der Waals surface area contributed by atoms with Crippen LogP contribution < -0.4 is 0 Å². The fourth-order valence-corrected chi connectivity index (χ4v) is 0.711. The first kappa shape index (κ1) is 15.7. The molecule has 0 aliphatic rings. The SMILES string of the molecule is CCC(=O)O.Clc1ccccc1Cl.O. The van der Waals surface area contributed by atoms with Gasteiger partial charge in [-0.15, -0.1) is 0 Å². The van der Waals surface area contributed by atoms with Crippen molar-refractivity contribution in [2.24, 2.45) is 0 Å². The molecule has 0 fully saturated rings. The van der Waals surface area contributed by atoms with Crippen LogP contribution in [0.25, 0.3) is 0 Å². The third-order valence-electron chi connectivity index (χ3n) is 1.13. The van der Waals surface area contributed by atoms with Crippen LogP contribution in [0.5, 0.6) is 0 Å². The molecule has 0 saturated heterocycles. The summed E-state index contributed by atoms with van der Waals surface area (Å²) in [5, 5.41) is 8.93. The smallest absolute Gasteiger partial charge is 0.303 e. The van der Waals surface area contributed by atoms with Gasteiger partial charge in [0.15, 0.2) is 0 Å². The lowest BCUT2D eigenvalue weighted by molar-refractivity contribution is -0.136. The summed E-state index contributed by atoms with van der Waals surface area (Å²) in [6, 6.07) is 7.19. The highest BCUT2D eigenvalue weighted by molar-refractivity contribution is 6.41. The molecular formula is C9H12Cl2O3. The first-order chi connectivity index (χ1) is 6.07. The molecule has 1 aromatic carbocycles. The number of halogens is 2. The lowest BCUT2D eigenvalue weighted by atomic mass is 10.4. The van der Waals surface area contributed by atoms with Crippen LogP contribution in [0.1, 0.15) is 13.3 Å². The lowest BCUT2D eigenvalue weighted by Gasteiger charge is -1.88. The van der Waals surface area contributed by atoms with E-state index < -0.39 is 5.97 Å². The molecular weight excluding hydrogens is 227 g/mol. The summed E-state index contributed by atoms with van der Waals surface area (Å²) in [6.45, 7) is 1.60. The van der Waals surface area contributed by atoms with Crippen molar-refractivity contribution < 1.29 is 15.4 Å². The van der Waals surface area contributed by atoms with E-state index in [1.165, 1.54) is 0 Å². The van der Waals surface area contributed by atoms with Gasteiger partial charge >= 0.3 is 5.97 Å². The standard InChI is InChI=1S/C6H4Cl2.C3H6O2.H2O/c7-5-3-1-2-4-6(5)8;1-2-3(4)5;/h1-4H;2H2,1H3,(H,4,5);1H2. The third-order valence-corrected chi connectivity index (χ3v) is 1.88. The van der Waals surface area contributed by atoms with Gasteiger partial charge in [-0.2, -0.15) is 0 Å². The summed E-state index contributed by atoms with van der Waals surface area (Å²) in [5.41, 5.74) is 0. The Morgan fingerprint density at radius 2 is 1.57 bits per heavy atom. The molecule has 0 unspecified atom stereocenters. The van der Waals surface area contributed by atoms with Gasteiger partial charge in [0, 0.05) is 6.42 Å². The highest BCUT2D eigenvalue weighted by Gasteiger charge is 1.89. The number of carboxylic acid groups (broad SMARTS) is 1. The van der Waals surface area contributed by atoms with E-state index in [9.17, 15) is 4.79 Å².